The molecule has 6 heteroatoms. The number of fused-ring (bicyclic) bond motifs is 1. The number of carbonyl (C=O) groups is 1. The molecule has 0 unspecified atom stereocenters. The van der Waals surface area contributed by atoms with Gasteiger partial charge >= 0.3 is 5.69 Å². The second kappa shape index (κ2) is 6.03. The molecule has 2 heterocycles. The van der Waals surface area contributed by atoms with E-state index in [4.69, 9.17) is 0 Å². The molecule has 2 atom stereocenters. The molecule has 0 bridgehead atoms. The van der Waals surface area contributed by atoms with Crippen LogP contribution in [-0.4, -0.2) is 26.3 Å². The van der Waals surface area contributed by atoms with Crippen LogP contribution in [0.1, 0.15) is 51.3 Å². The first kappa shape index (κ1) is 14.4. The third-order valence-corrected chi connectivity index (χ3v) is 4.50. The summed E-state index contributed by atoms with van der Waals surface area (Å²) in [7, 11) is 0. The first-order valence-corrected chi connectivity index (χ1v) is 8.15. The van der Waals surface area contributed by atoms with Crippen LogP contribution in [0.15, 0.2) is 4.79 Å². The molecule has 3 rings (SSSR count). The maximum absolute atomic E-state index is 12.3. The highest BCUT2D eigenvalue weighted by Gasteiger charge is 2.37. The van der Waals surface area contributed by atoms with Crippen LogP contribution < -0.4 is 11.0 Å². The summed E-state index contributed by atoms with van der Waals surface area (Å²) in [6, 6.07) is 0.314. The SMILES string of the molecule is CCC[C@H]1C[C@H]1NC(=O)Cn1nc2n(c1=O)CCCCC2. The van der Waals surface area contributed by atoms with Crippen molar-refractivity contribution in [2.45, 2.75) is 71.0 Å². The Labute approximate surface area is 124 Å². The van der Waals surface area contributed by atoms with E-state index in [1.54, 1.807) is 4.57 Å². The summed E-state index contributed by atoms with van der Waals surface area (Å²) in [5, 5.41) is 7.35. The zero-order valence-corrected chi connectivity index (χ0v) is 12.7. The summed E-state index contributed by atoms with van der Waals surface area (Å²) in [5.41, 5.74) is -0.136. The summed E-state index contributed by atoms with van der Waals surface area (Å²) >= 11 is 0. The lowest BCUT2D eigenvalue weighted by molar-refractivity contribution is -0.122. The Morgan fingerprint density at radius 3 is 3.05 bits per heavy atom. The molecule has 21 heavy (non-hydrogen) atoms. The summed E-state index contributed by atoms with van der Waals surface area (Å²) in [6.45, 7) is 2.94. The molecule has 116 valence electrons. The van der Waals surface area contributed by atoms with Gasteiger partial charge in [-0.1, -0.05) is 19.8 Å². The van der Waals surface area contributed by atoms with Crippen LogP contribution in [0.3, 0.4) is 0 Å². The van der Waals surface area contributed by atoms with E-state index in [0.29, 0.717) is 12.0 Å². The predicted octanol–water partition coefficient (Wildman–Crippen LogP) is 1.08. The number of nitrogens with one attached hydrogen (secondary N) is 1. The van der Waals surface area contributed by atoms with E-state index >= 15 is 0 Å². The van der Waals surface area contributed by atoms with Crippen LogP contribution >= 0.6 is 0 Å². The number of amides is 1. The lowest BCUT2D eigenvalue weighted by atomic mass is 10.2. The topological polar surface area (TPSA) is 68.9 Å². The summed E-state index contributed by atoms with van der Waals surface area (Å²) < 4.78 is 3.06. The van der Waals surface area contributed by atoms with E-state index in [1.807, 2.05) is 0 Å². The highest BCUT2D eigenvalue weighted by molar-refractivity contribution is 5.76. The Morgan fingerprint density at radius 1 is 1.38 bits per heavy atom. The molecule has 1 aliphatic heterocycles. The first-order chi connectivity index (χ1) is 10.2. The normalized spacial score (nSPS) is 24.2. The lowest BCUT2D eigenvalue weighted by Gasteiger charge is -2.04. The largest absolute Gasteiger partial charge is 0.351 e. The van der Waals surface area contributed by atoms with E-state index in [9.17, 15) is 9.59 Å². The Morgan fingerprint density at radius 2 is 2.24 bits per heavy atom. The second-order valence-corrected chi connectivity index (χ2v) is 6.28. The third kappa shape index (κ3) is 3.19. The van der Waals surface area contributed by atoms with Gasteiger partial charge < -0.3 is 5.32 Å². The van der Waals surface area contributed by atoms with Crippen molar-refractivity contribution in [1.82, 2.24) is 19.7 Å². The van der Waals surface area contributed by atoms with Gasteiger partial charge in [0.1, 0.15) is 12.4 Å². The molecule has 1 N–H and O–H groups in total. The minimum atomic E-state index is -0.136. The van der Waals surface area contributed by atoms with Crippen molar-refractivity contribution >= 4 is 5.91 Å². The molecule has 1 aromatic rings. The molecule has 1 fully saturated rings. The summed E-state index contributed by atoms with van der Waals surface area (Å²) in [4.78, 5) is 24.3. The highest BCUT2D eigenvalue weighted by Crippen LogP contribution is 2.34. The van der Waals surface area contributed by atoms with Crippen molar-refractivity contribution in [2.24, 2.45) is 5.92 Å². The lowest BCUT2D eigenvalue weighted by Crippen LogP contribution is -2.35. The minimum absolute atomic E-state index is 0.0498. The van der Waals surface area contributed by atoms with Gasteiger partial charge in [-0.15, -0.1) is 0 Å². The second-order valence-electron chi connectivity index (χ2n) is 6.28. The van der Waals surface area contributed by atoms with E-state index in [-0.39, 0.29) is 18.1 Å². The van der Waals surface area contributed by atoms with Gasteiger partial charge in [0.05, 0.1) is 0 Å². The fourth-order valence-electron chi connectivity index (χ4n) is 3.23. The van der Waals surface area contributed by atoms with Gasteiger partial charge in [0, 0.05) is 19.0 Å². The fraction of sp³-hybridized carbons (Fsp3) is 0.800. The van der Waals surface area contributed by atoms with Crippen molar-refractivity contribution in [3.05, 3.63) is 16.3 Å². The van der Waals surface area contributed by atoms with Crippen LogP contribution in [0.2, 0.25) is 0 Å². The molecule has 0 radical (unpaired) electrons. The predicted molar refractivity (Wildman–Crippen MR) is 79.0 cm³/mol. The van der Waals surface area contributed by atoms with Crippen molar-refractivity contribution in [3.8, 4) is 0 Å². The van der Waals surface area contributed by atoms with Crippen molar-refractivity contribution < 1.29 is 4.79 Å². The average Bonchev–Trinajstić information content (AvgIpc) is 3.16. The van der Waals surface area contributed by atoms with Crippen LogP contribution in [0.5, 0.6) is 0 Å². The van der Waals surface area contributed by atoms with Gasteiger partial charge in [0.2, 0.25) is 5.91 Å². The van der Waals surface area contributed by atoms with E-state index in [2.05, 4.69) is 17.3 Å². The summed E-state index contributed by atoms with van der Waals surface area (Å²) in [6.07, 6.45) is 7.48. The van der Waals surface area contributed by atoms with Gasteiger partial charge in [0.25, 0.3) is 0 Å². The van der Waals surface area contributed by atoms with Crippen LogP contribution in [0.25, 0.3) is 0 Å². The van der Waals surface area contributed by atoms with E-state index < -0.39 is 0 Å². The fourth-order valence-corrected chi connectivity index (χ4v) is 3.23. The molecule has 2 aliphatic rings. The molecule has 1 aliphatic carbocycles. The number of aryl methyl sites for hydroxylation is 1. The van der Waals surface area contributed by atoms with Crippen LogP contribution in [-0.2, 0) is 24.3 Å². The molecule has 6 nitrogen and oxygen atoms in total. The molecular formula is C15H24N4O2. The molecule has 1 aromatic heterocycles. The number of hydrogen-bond acceptors (Lipinski definition) is 3. The Hall–Kier alpha value is -1.59. The molecule has 0 aromatic carbocycles. The standard InChI is InChI=1S/C15H24N4O2/c1-2-6-11-9-12(11)16-14(20)10-19-15(21)18-8-5-3-4-7-13(18)17-19/h11-12H,2-10H2,1H3,(H,16,20)/t11-,12+/m0/s1. The quantitative estimate of drug-likeness (QED) is 0.883. The van der Waals surface area contributed by atoms with Crippen molar-refractivity contribution in [1.29, 1.82) is 0 Å². The number of nitrogens with zero attached hydrogens (tertiary/aromatic N) is 3. The van der Waals surface area contributed by atoms with Crippen molar-refractivity contribution in [3.63, 3.8) is 0 Å². The molecule has 1 amide bonds. The van der Waals surface area contributed by atoms with Gasteiger partial charge in [-0.05, 0) is 31.6 Å². The Bertz CT molecular complexity index is 575. The molecule has 1 saturated carbocycles. The Kier molecular flexibility index (Phi) is 4.12. The molecular weight excluding hydrogens is 268 g/mol. The zero-order valence-electron chi connectivity index (χ0n) is 12.7. The molecule has 0 spiro atoms. The van der Waals surface area contributed by atoms with Crippen LogP contribution in [0.4, 0.5) is 0 Å². The van der Waals surface area contributed by atoms with E-state index in [0.717, 1.165) is 50.9 Å². The average molecular weight is 292 g/mol. The number of aromatic nitrogens is 3. The summed E-state index contributed by atoms with van der Waals surface area (Å²) in [5.74, 6) is 1.38. The van der Waals surface area contributed by atoms with Gasteiger partial charge in [0.15, 0.2) is 0 Å². The molecule has 0 saturated heterocycles. The number of carbonyl (C=O) groups excluding carboxylic acids is 1. The maximum Gasteiger partial charge on any atom is 0.346 e. The highest BCUT2D eigenvalue weighted by atomic mass is 16.2. The minimum Gasteiger partial charge on any atom is -0.351 e. The zero-order chi connectivity index (χ0) is 14.8. The third-order valence-electron chi connectivity index (χ3n) is 4.50. The number of hydrogen-bond donors (Lipinski definition) is 1. The maximum atomic E-state index is 12.3. The monoisotopic (exact) mass is 292 g/mol. The van der Waals surface area contributed by atoms with Gasteiger partial charge in [-0.25, -0.2) is 9.48 Å². The van der Waals surface area contributed by atoms with E-state index in [1.165, 1.54) is 11.1 Å². The smallest absolute Gasteiger partial charge is 0.346 e. The van der Waals surface area contributed by atoms with Gasteiger partial charge in [-0.2, -0.15) is 5.10 Å². The van der Waals surface area contributed by atoms with Crippen molar-refractivity contribution in [2.75, 3.05) is 0 Å². The van der Waals surface area contributed by atoms with Gasteiger partial charge in [-0.3, -0.25) is 9.36 Å². The number of rotatable bonds is 5. The van der Waals surface area contributed by atoms with Crippen LogP contribution in [0, 0.1) is 5.92 Å². The Balaban J connectivity index is 1.60. The first-order valence-electron chi connectivity index (χ1n) is 8.15.